The number of benzene rings is 1. The summed E-state index contributed by atoms with van der Waals surface area (Å²) in [4.78, 5) is 31.5. The van der Waals surface area contributed by atoms with Crippen molar-refractivity contribution in [2.45, 2.75) is 45.1 Å². The van der Waals surface area contributed by atoms with Gasteiger partial charge in [-0.3, -0.25) is 14.2 Å². The molecule has 0 radical (unpaired) electrons. The van der Waals surface area contributed by atoms with Crippen LogP contribution in [0.3, 0.4) is 0 Å². The maximum absolute atomic E-state index is 13.4. The Kier molecular flexibility index (Phi) is 4.15. The highest BCUT2D eigenvalue weighted by Gasteiger charge is 2.34. The quantitative estimate of drug-likeness (QED) is 0.761. The smallest absolute Gasteiger partial charge is 0.311 e. The van der Waals surface area contributed by atoms with E-state index in [0.29, 0.717) is 35.2 Å². The molecule has 2 aromatic heterocycles. The van der Waals surface area contributed by atoms with E-state index >= 15 is 0 Å². The summed E-state index contributed by atoms with van der Waals surface area (Å²) in [5.74, 6) is -0.602. The minimum absolute atomic E-state index is 0.100. The summed E-state index contributed by atoms with van der Waals surface area (Å²) in [6, 6.07) is 9.81. The largest absolute Gasteiger partial charge is 0.481 e. The highest BCUT2D eigenvalue weighted by Crippen LogP contribution is 2.42. The summed E-state index contributed by atoms with van der Waals surface area (Å²) in [7, 11) is 0. The Morgan fingerprint density at radius 1 is 1.35 bits per heavy atom. The molecular formula is C20H20N2O3S. The van der Waals surface area contributed by atoms with Crippen LogP contribution in [0.4, 0.5) is 0 Å². The first kappa shape index (κ1) is 17.0. The lowest BCUT2D eigenvalue weighted by Gasteiger charge is -2.16. The Labute approximate surface area is 154 Å². The third kappa shape index (κ3) is 2.65. The lowest BCUT2D eigenvalue weighted by molar-refractivity contribution is -0.138. The number of nitrogens with zero attached hydrogens (tertiary/aromatic N) is 2. The lowest BCUT2D eigenvalue weighted by Crippen LogP contribution is -2.27. The van der Waals surface area contributed by atoms with E-state index in [1.165, 1.54) is 11.3 Å². The molecule has 26 heavy (non-hydrogen) atoms. The second-order valence-corrected chi connectivity index (χ2v) is 8.13. The van der Waals surface area contributed by atoms with E-state index in [0.717, 1.165) is 16.3 Å². The molecule has 0 aliphatic heterocycles. The number of aromatic nitrogens is 2. The van der Waals surface area contributed by atoms with Gasteiger partial charge < -0.3 is 5.11 Å². The van der Waals surface area contributed by atoms with E-state index in [1.54, 1.807) is 4.57 Å². The third-order valence-electron chi connectivity index (χ3n) is 4.96. The summed E-state index contributed by atoms with van der Waals surface area (Å²) in [6.07, 6.45) is 1.28. The number of carboxylic acid groups (broad SMARTS) is 1. The molecule has 5 nitrogen and oxygen atoms in total. The zero-order valence-electron chi connectivity index (χ0n) is 14.7. The van der Waals surface area contributed by atoms with Crippen molar-refractivity contribution in [1.82, 2.24) is 9.55 Å². The highest BCUT2D eigenvalue weighted by molar-refractivity contribution is 7.18. The number of aliphatic carboxylic acids is 1. The number of hydrogen-bond acceptors (Lipinski definition) is 4. The molecule has 1 atom stereocenters. The van der Waals surface area contributed by atoms with Gasteiger partial charge in [0.2, 0.25) is 0 Å². The Bertz CT molecular complexity index is 1050. The number of fused-ring (bicyclic) bond motifs is 3. The molecule has 0 bridgehead atoms. The Morgan fingerprint density at radius 2 is 2.08 bits per heavy atom. The molecule has 4 rings (SSSR count). The van der Waals surface area contributed by atoms with Crippen LogP contribution in [0.2, 0.25) is 0 Å². The SMILES string of the molecule is CC(C)c1nc2sc3c(c2c(=O)n1Cc1ccccc1)C(C(=O)O)CC3. The van der Waals surface area contributed by atoms with E-state index in [2.05, 4.69) is 0 Å². The third-order valence-corrected chi connectivity index (χ3v) is 6.12. The van der Waals surface area contributed by atoms with E-state index in [1.807, 2.05) is 44.2 Å². The van der Waals surface area contributed by atoms with Crippen LogP contribution in [-0.2, 0) is 17.8 Å². The summed E-state index contributed by atoms with van der Waals surface area (Å²) in [6.45, 7) is 4.49. The van der Waals surface area contributed by atoms with E-state index < -0.39 is 11.9 Å². The highest BCUT2D eigenvalue weighted by atomic mass is 32.1. The van der Waals surface area contributed by atoms with Gasteiger partial charge in [0.25, 0.3) is 5.56 Å². The van der Waals surface area contributed by atoms with Gasteiger partial charge in [0.15, 0.2) is 0 Å². The molecule has 0 spiro atoms. The normalized spacial score (nSPS) is 16.3. The number of thiophene rings is 1. The molecule has 2 heterocycles. The topological polar surface area (TPSA) is 72.2 Å². The van der Waals surface area contributed by atoms with Crippen molar-refractivity contribution in [3.8, 4) is 0 Å². The van der Waals surface area contributed by atoms with Crippen molar-refractivity contribution in [2.24, 2.45) is 0 Å². The van der Waals surface area contributed by atoms with Gasteiger partial charge in [-0.25, -0.2) is 4.98 Å². The van der Waals surface area contributed by atoms with Crippen molar-refractivity contribution in [1.29, 1.82) is 0 Å². The van der Waals surface area contributed by atoms with Gasteiger partial charge in [0.1, 0.15) is 10.7 Å². The van der Waals surface area contributed by atoms with Gasteiger partial charge in [-0.1, -0.05) is 44.2 Å². The fourth-order valence-electron chi connectivity index (χ4n) is 3.75. The average Bonchev–Trinajstić information content (AvgIpc) is 3.16. The monoisotopic (exact) mass is 368 g/mol. The minimum Gasteiger partial charge on any atom is -0.481 e. The summed E-state index contributed by atoms with van der Waals surface area (Å²) >= 11 is 1.48. The number of hydrogen-bond donors (Lipinski definition) is 1. The van der Waals surface area contributed by atoms with Crippen LogP contribution in [0.1, 0.15) is 53.9 Å². The molecule has 0 amide bonds. The molecule has 1 N–H and O–H groups in total. The van der Waals surface area contributed by atoms with Crippen LogP contribution in [-0.4, -0.2) is 20.6 Å². The lowest BCUT2D eigenvalue weighted by atomic mass is 10.0. The summed E-state index contributed by atoms with van der Waals surface area (Å²) in [5, 5.41) is 10.1. The van der Waals surface area contributed by atoms with Gasteiger partial charge in [-0.2, -0.15) is 0 Å². The number of aryl methyl sites for hydroxylation is 1. The predicted octanol–water partition coefficient (Wildman–Crippen LogP) is 3.74. The molecule has 134 valence electrons. The van der Waals surface area contributed by atoms with Crippen molar-refractivity contribution in [2.75, 3.05) is 0 Å². The van der Waals surface area contributed by atoms with Gasteiger partial charge in [0.05, 0.1) is 17.8 Å². The number of carbonyl (C=O) groups is 1. The minimum atomic E-state index is -0.856. The first-order valence-corrected chi connectivity index (χ1v) is 9.61. The van der Waals surface area contributed by atoms with Gasteiger partial charge in [-0.15, -0.1) is 11.3 Å². The van der Waals surface area contributed by atoms with Gasteiger partial charge >= 0.3 is 5.97 Å². The fourth-order valence-corrected chi connectivity index (χ4v) is 4.99. The molecule has 0 saturated heterocycles. The molecule has 1 aromatic carbocycles. The molecule has 1 aliphatic rings. The van der Waals surface area contributed by atoms with Crippen molar-refractivity contribution < 1.29 is 9.90 Å². The van der Waals surface area contributed by atoms with E-state index in [9.17, 15) is 14.7 Å². The van der Waals surface area contributed by atoms with Crippen LogP contribution in [0.15, 0.2) is 35.1 Å². The van der Waals surface area contributed by atoms with Crippen molar-refractivity contribution in [3.05, 3.63) is 62.5 Å². The van der Waals surface area contributed by atoms with Crippen LogP contribution >= 0.6 is 11.3 Å². The molecule has 1 aliphatic carbocycles. The van der Waals surface area contributed by atoms with E-state index in [-0.39, 0.29) is 11.5 Å². The van der Waals surface area contributed by atoms with E-state index in [4.69, 9.17) is 4.98 Å². The Balaban J connectivity index is 1.97. The maximum Gasteiger partial charge on any atom is 0.311 e. The predicted molar refractivity (Wildman–Crippen MR) is 102 cm³/mol. The molecule has 1 unspecified atom stereocenters. The fraction of sp³-hybridized carbons (Fsp3) is 0.350. The average molecular weight is 368 g/mol. The maximum atomic E-state index is 13.4. The summed E-state index contributed by atoms with van der Waals surface area (Å²) in [5.41, 5.74) is 1.61. The van der Waals surface area contributed by atoms with Gasteiger partial charge in [0, 0.05) is 10.8 Å². The molecule has 0 fully saturated rings. The zero-order valence-corrected chi connectivity index (χ0v) is 15.5. The summed E-state index contributed by atoms with van der Waals surface area (Å²) < 4.78 is 1.71. The number of carboxylic acids is 1. The Hall–Kier alpha value is -2.47. The second-order valence-electron chi connectivity index (χ2n) is 7.05. The molecular weight excluding hydrogens is 348 g/mol. The first-order valence-electron chi connectivity index (χ1n) is 8.80. The van der Waals surface area contributed by atoms with Crippen LogP contribution in [0.25, 0.3) is 10.2 Å². The molecule has 0 saturated carbocycles. The van der Waals surface area contributed by atoms with Crippen LogP contribution in [0.5, 0.6) is 0 Å². The standard InChI is InChI=1S/C20H20N2O3S/c1-11(2)17-21-18-16(15-13(20(24)25)8-9-14(15)26-18)19(23)22(17)10-12-6-4-3-5-7-12/h3-7,11,13H,8-10H2,1-2H3,(H,24,25). The molecule has 6 heteroatoms. The second kappa shape index (κ2) is 6.36. The Morgan fingerprint density at radius 3 is 2.73 bits per heavy atom. The van der Waals surface area contributed by atoms with Crippen LogP contribution in [0, 0.1) is 0 Å². The first-order chi connectivity index (χ1) is 12.5. The van der Waals surface area contributed by atoms with Crippen molar-refractivity contribution in [3.63, 3.8) is 0 Å². The molecule has 3 aromatic rings. The number of rotatable bonds is 4. The van der Waals surface area contributed by atoms with Crippen molar-refractivity contribution >= 4 is 27.5 Å². The zero-order chi connectivity index (χ0) is 18.4. The van der Waals surface area contributed by atoms with Gasteiger partial charge in [-0.05, 0) is 24.0 Å². The van der Waals surface area contributed by atoms with Crippen LogP contribution < -0.4 is 5.56 Å².